The van der Waals surface area contributed by atoms with Gasteiger partial charge < -0.3 is 11.1 Å². The van der Waals surface area contributed by atoms with E-state index in [1.54, 1.807) is 0 Å². The Bertz CT molecular complexity index is 496. The number of nitrogens with two attached hydrogens (primary N) is 1. The molecular weight excluding hydrogens is 306 g/mol. The van der Waals surface area contributed by atoms with Gasteiger partial charge in [-0.1, -0.05) is 30.3 Å². The Morgan fingerprint density at radius 3 is 2.43 bits per heavy atom. The maximum absolute atomic E-state index is 13.0. The van der Waals surface area contributed by atoms with E-state index < -0.39 is 0 Å². The molecule has 0 spiro atoms. The highest BCUT2D eigenvalue weighted by molar-refractivity contribution is 7.99. The molecule has 5 heteroatoms. The van der Waals surface area contributed by atoms with Gasteiger partial charge in [-0.15, -0.1) is 0 Å². The molecule has 1 aliphatic heterocycles. The number of hydrogen-bond acceptors (Lipinski definition) is 4. The Balaban J connectivity index is 1.70. The molecule has 0 aromatic heterocycles. The summed E-state index contributed by atoms with van der Waals surface area (Å²) >= 11 is 1.97. The maximum Gasteiger partial charge on any atom is 0.242 e. The van der Waals surface area contributed by atoms with E-state index in [2.05, 4.69) is 22.3 Å². The Morgan fingerprint density at radius 2 is 1.78 bits per heavy atom. The first-order valence-corrected chi connectivity index (χ1v) is 9.82. The zero-order valence-corrected chi connectivity index (χ0v) is 14.4. The molecular formula is C18H27N3OS. The summed E-state index contributed by atoms with van der Waals surface area (Å²) in [6, 6.07) is 10.6. The van der Waals surface area contributed by atoms with Gasteiger partial charge in [0.15, 0.2) is 0 Å². The Hall–Kier alpha value is -1.04. The zero-order valence-electron chi connectivity index (χ0n) is 13.6. The molecule has 2 fully saturated rings. The number of nitrogens with zero attached hydrogens (tertiary/aromatic N) is 1. The molecule has 3 rings (SSSR count). The van der Waals surface area contributed by atoms with Crippen LogP contribution in [-0.4, -0.2) is 47.5 Å². The van der Waals surface area contributed by atoms with E-state index in [1.165, 1.54) is 0 Å². The quantitative estimate of drug-likeness (QED) is 0.886. The van der Waals surface area contributed by atoms with Crippen LogP contribution < -0.4 is 11.1 Å². The van der Waals surface area contributed by atoms with Crippen LogP contribution in [0.1, 0.15) is 37.3 Å². The van der Waals surface area contributed by atoms with Crippen molar-refractivity contribution in [3.63, 3.8) is 0 Å². The van der Waals surface area contributed by atoms with Gasteiger partial charge in [0.1, 0.15) is 6.04 Å². The number of carbonyl (C=O) groups excluding carboxylic acids is 1. The topological polar surface area (TPSA) is 58.4 Å². The Morgan fingerprint density at radius 1 is 1.13 bits per heavy atom. The third-order valence-electron chi connectivity index (χ3n) is 4.89. The summed E-state index contributed by atoms with van der Waals surface area (Å²) in [6.45, 7) is 1.96. The smallest absolute Gasteiger partial charge is 0.242 e. The third-order valence-corrected chi connectivity index (χ3v) is 5.84. The number of rotatable bonds is 4. The first-order valence-electron chi connectivity index (χ1n) is 8.67. The molecule has 1 aromatic carbocycles. The molecule has 126 valence electrons. The molecule has 1 heterocycles. The first kappa shape index (κ1) is 16.8. The molecule has 1 aromatic rings. The average Bonchev–Trinajstić information content (AvgIpc) is 2.59. The Kier molecular flexibility index (Phi) is 5.97. The van der Waals surface area contributed by atoms with Crippen molar-refractivity contribution < 1.29 is 4.79 Å². The van der Waals surface area contributed by atoms with Gasteiger partial charge in [-0.05, 0) is 31.2 Å². The van der Waals surface area contributed by atoms with Crippen LogP contribution in [-0.2, 0) is 4.79 Å². The van der Waals surface area contributed by atoms with E-state index in [0.717, 1.165) is 55.8 Å². The molecule has 1 saturated heterocycles. The van der Waals surface area contributed by atoms with E-state index in [1.807, 2.05) is 30.0 Å². The van der Waals surface area contributed by atoms with Crippen LogP contribution in [0.3, 0.4) is 0 Å². The molecule has 1 aliphatic carbocycles. The predicted octanol–water partition coefficient (Wildman–Crippen LogP) is 2.16. The van der Waals surface area contributed by atoms with Crippen molar-refractivity contribution in [1.29, 1.82) is 0 Å². The van der Waals surface area contributed by atoms with Gasteiger partial charge in [-0.25, -0.2) is 0 Å². The predicted molar refractivity (Wildman–Crippen MR) is 96.5 cm³/mol. The summed E-state index contributed by atoms with van der Waals surface area (Å²) in [6.07, 6.45) is 4.04. The van der Waals surface area contributed by atoms with Crippen molar-refractivity contribution in [3.8, 4) is 0 Å². The van der Waals surface area contributed by atoms with Gasteiger partial charge >= 0.3 is 0 Å². The first-order chi connectivity index (χ1) is 11.2. The minimum atomic E-state index is -0.160. The van der Waals surface area contributed by atoms with Crippen molar-refractivity contribution in [2.75, 3.05) is 24.6 Å². The van der Waals surface area contributed by atoms with Crippen molar-refractivity contribution in [2.45, 2.75) is 43.8 Å². The molecule has 1 saturated carbocycles. The monoisotopic (exact) mass is 333 g/mol. The molecule has 1 amide bonds. The van der Waals surface area contributed by atoms with E-state index in [0.29, 0.717) is 6.04 Å². The van der Waals surface area contributed by atoms with Crippen molar-refractivity contribution in [1.82, 2.24) is 10.2 Å². The average molecular weight is 334 g/mol. The second kappa shape index (κ2) is 8.18. The largest absolute Gasteiger partial charge is 0.352 e. The summed E-state index contributed by atoms with van der Waals surface area (Å²) in [5.41, 5.74) is 7.07. The molecule has 23 heavy (non-hydrogen) atoms. The lowest BCUT2D eigenvalue weighted by Gasteiger charge is -2.35. The van der Waals surface area contributed by atoms with Crippen LogP contribution in [0.4, 0.5) is 0 Å². The van der Waals surface area contributed by atoms with Gasteiger partial charge in [0.2, 0.25) is 5.91 Å². The standard InChI is InChI=1S/C18H27N3OS/c19-15-6-8-16(9-7-15)20-18(22)17(14-4-2-1-3-5-14)21-10-12-23-13-11-21/h1-5,15-17H,6-13,19H2,(H,20,22). The van der Waals surface area contributed by atoms with Crippen LogP contribution in [0.25, 0.3) is 0 Å². The molecule has 0 radical (unpaired) electrons. The Labute approximate surface area is 143 Å². The molecule has 1 atom stereocenters. The van der Waals surface area contributed by atoms with Crippen LogP contribution in [0.15, 0.2) is 30.3 Å². The normalized spacial score (nSPS) is 27.3. The van der Waals surface area contributed by atoms with Crippen molar-refractivity contribution in [2.24, 2.45) is 5.73 Å². The maximum atomic E-state index is 13.0. The zero-order chi connectivity index (χ0) is 16.1. The number of thioether (sulfide) groups is 1. The summed E-state index contributed by atoms with van der Waals surface area (Å²) < 4.78 is 0. The van der Waals surface area contributed by atoms with Gasteiger partial charge in [0, 0.05) is 36.7 Å². The second-order valence-electron chi connectivity index (χ2n) is 6.58. The SMILES string of the molecule is NC1CCC(NC(=O)C(c2ccccc2)N2CCSCC2)CC1. The van der Waals surface area contributed by atoms with E-state index in [4.69, 9.17) is 5.73 Å². The number of hydrogen-bond donors (Lipinski definition) is 2. The number of benzene rings is 1. The lowest BCUT2D eigenvalue weighted by Crippen LogP contribution is -2.48. The highest BCUT2D eigenvalue weighted by Crippen LogP contribution is 2.26. The number of carbonyl (C=O) groups is 1. The lowest BCUT2D eigenvalue weighted by molar-refractivity contribution is -0.127. The molecule has 1 unspecified atom stereocenters. The fourth-order valence-electron chi connectivity index (χ4n) is 3.54. The summed E-state index contributed by atoms with van der Waals surface area (Å²) in [4.78, 5) is 15.3. The summed E-state index contributed by atoms with van der Waals surface area (Å²) in [7, 11) is 0. The minimum absolute atomic E-state index is 0.156. The molecule has 2 aliphatic rings. The highest BCUT2D eigenvalue weighted by Gasteiger charge is 2.30. The van der Waals surface area contributed by atoms with Crippen molar-refractivity contribution >= 4 is 17.7 Å². The molecule has 3 N–H and O–H groups in total. The van der Waals surface area contributed by atoms with Crippen LogP contribution in [0, 0.1) is 0 Å². The van der Waals surface area contributed by atoms with Crippen molar-refractivity contribution in [3.05, 3.63) is 35.9 Å². The van der Waals surface area contributed by atoms with Gasteiger partial charge in [-0.3, -0.25) is 9.69 Å². The summed E-state index contributed by atoms with van der Waals surface area (Å²) in [5.74, 6) is 2.37. The number of amides is 1. The van der Waals surface area contributed by atoms with Gasteiger partial charge in [0.25, 0.3) is 0 Å². The van der Waals surface area contributed by atoms with Crippen LogP contribution >= 0.6 is 11.8 Å². The third kappa shape index (κ3) is 4.49. The molecule has 0 bridgehead atoms. The number of nitrogens with one attached hydrogen (secondary N) is 1. The van der Waals surface area contributed by atoms with E-state index in [9.17, 15) is 4.79 Å². The lowest BCUT2D eigenvalue weighted by atomic mass is 9.91. The summed E-state index contributed by atoms with van der Waals surface area (Å²) in [5, 5.41) is 3.29. The van der Waals surface area contributed by atoms with E-state index in [-0.39, 0.29) is 18.0 Å². The van der Waals surface area contributed by atoms with Gasteiger partial charge in [0.05, 0.1) is 0 Å². The highest BCUT2D eigenvalue weighted by atomic mass is 32.2. The molecule has 4 nitrogen and oxygen atoms in total. The minimum Gasteiger partial charge on any atom is -0.352 e. The fourth-order valence-corrected chi connectivity index (χ4v) is 4.47. The van der Waals surface area contributed by atoms with E-state index >= 15 is 0 Å². The fraction of sp³-hybridized carbons (Fsp3) is 0.611. The van der Waals surface area contributed by atoms with Crippen LogP contribution in [0.2, 0.25) is 0 Å². The van der Waals surface area contributed by atoms with Crippen LogP contribution in [0.5, 0.6) is 0 Å². The van der Waals surface area contributed by atoms with Gasteiger partial charge in [-0.2, -0.15) is 11.8 Å². The second-order valence-corrected chi connectivity index (χ2v) is 7.81.